The first kappa shape index (κ1) is 13.4. The van der Waals surface area contributed by atoms with Gasteiger partial charge in [-0.1, -0.05) is 0 Å². The standard InChI is InChI=1S/C14H18BrN3/c1-11(18-6-2-3-7-18)10-17-14-5-4-12(9-16)8-13(14)15/h4-5,8,11,17H,2-3,6-7,10H2,1H3. The number of benzene rings is 1. The number of halogens is 1. The Hall–Kier alpha value is -1.05. The lowest BCUT2D eigenvalue weighted by Crippen LogP contribution is -2.35. The molecule has 1 heterocycles. The van der Waals surface area contributed by atoms with Gasteiger partial charge in [-0.2, -0.15) is 5.26 Å². The topological polar surface area (TPSA) is 39.1 Å². The smallest absolute Gasteiger partial charge is 0.0992 e. The molecule has 0 amide bonds. The molecule has 0 aliphatic carbocycles. The van der Waals surface area contributed by atoms with Gasteiger partial charge in [-0.05, 0) is 67.0 Å². The van der Waals surface area contributed by atoms with E-state index in [1.54, 1.807) is 0 Å². The van der Waals surface area contributed by atoms with Crippen molar-refractivity contribution in [2.75, 3.05) is 25.0 Å². The molecule has 1 aliphatic heterocycles. The summed E-state index contributed by atoms with van der Waals surface area (Å²) >= 11 is 3.49. The van der Waals surface area contributed by atoms with Crippen LogP contribution in [0, 0.1) is 11.3 Å². The van der Waals surface area contributed by atoms with Crippen molar-refractivity contribution < 1.29 is 0 Å². The molecule has 0 bridgehead atoms. The first-order valence-corrected chi connectivity index (χ1v) is 7.17. The maximum Gasteiger partial charge on any atom is 0.0992 e. The number of nitriles is 1. The maximum atomic E-state index is 8.82. The molecule has 0 aromatic heterocycles. The number of hydrogen-bond donors (Lipinski definition) is 1. The Morgan fingerprint density at radius 3 is 2.78 bits per heavy atom. The third-order valence-electron chi connectivity index (χ3n) is 3.45. The van der Waals surface area contributed by atoms with E-state index in [9.17, 15) is 0 Å². The van der Waals surface area contributed by atoms with Crippen molar-refractivity contribution >= 4 is 21.6 Å². The third-order valence-corrected chi connectivity index (χ3v) is 4.11. The molecule has 3 nitrogen and oxygen atoms in total. The first-order valence-electron chi connectivity index (χ1n) is 6.38. The van der Waals surface area contributed by atoms with E-state index in [0.717, 1.165) is 16.7 Å². The minimum atomic E-state index is 0.551. The Kier molecular flexibility index (Phi) is 4.62. The van der Waals surface area contributed by atoms with Crippen molar-refractivity contribution in [1.82, 2.24) is 4.90 Å². The summed E-state index contributed by atoms with van der Waals surface area (Å²) in [5.74, 6) is 0. The van der Waals surface area contributed by atoms with Crippen molar-refractivity contribution in [1.29, 1.82) is 5.26 Å². The van der Waals surface area contributed by atoms with Crippen LogP contribution in [0.15, 0.2) is 22.7 Å². The summed E-state index contributed by atoms with van der Waals surface area (Å²) in [4.78, 5) is 2.52. The van der Waals surface area contributed by atoms with Gasteiger partial charge in [0.25, 0.3) is 0 Å². The van der Waals surface area contributed by atoms with Crippen LogP contribution in [-0.4, -0.2) is 30.6 Å². The van der Waals surface area contributed by atoms with E-state index in [2.05, 4.69) is 39.1 Å². The summed E-state index contributed by atoms with van der Waals surface area (Å²) in [5.41, 5.74) is 1.74. The summed E-state index contributed by atoms with van der Waals surface area (Å²) < 4.78 is 0.954. The highest BCUT2D eigenvalue weighted by Gasteiger charge is 2.17. The first-order chi connectivity index (χ1) is 8.70. The minimum Gasteiger partial charge on any atom is -0.383 e. The molecule has 1 aromatic rings. The molecule has 1 fully saturated rings. The third kappa shape index (κ3) is 3.24. The molecule has 1 N–H and O–H groups in total. The normalized spacial score (nSPS) is 17.4. The van der Waals surface area contributed by atoms with Crippen LogP contribution in [-0.2, 0) is 0 Å². The molecule has 2 rings (SSSR count). The second kappa shape index (κ2) is 6.21. The predicted octanol–water partition coefficient (Wildman–Crippen LogP) is 3.22. The van der Waals surface area contributed by atoms with Gasteiger partial charge in [-0.25, -0.2) is 0 Å². The van der Waals surface area contributed by atoms with Crippen molar-refractivity contribution in [3.05, 3.63) is 28.2 Å². The van der Waals surface area contributed by atoms with E-state index in [-0.39, 0.29) is 0 Å². The second-order valence-corrected chi connectivity index (χ2v) is 5.63. The molecule has 1 aromatic carbocycles. The lowest BCUT2D eigenvalue weighted by molar-refractivity contribution is 0.269. The number of nitrogens with one attached hydrogen (secondary N) is 1. The number of hydrogen-bond acceptors (Lipinski definition) is 3. The second-order valence-electron chi connectivity index (χ2n) is 4.78. The highest BCUT2D eigenvalue weighted by atomic mass is 79.9. The molecular formula is C14H18BrN3. The van der Waals surface area contributed by atoms with Crippen LogP contribution < -0.4 is 5.32 Å². The molecule has 1 unspecified atom stereocenters. The number of anilines is 1. The predicted molar refractivity (Wildman–Crippen MR) is 77.6 cm³/mol. The number of rotatable bonds is 4. The van der Waals surface area contributed by atoms with Crippen molar-refractivity contribution in [2.24, 2.45) is 0 Å². The van der Waals surface area contributed by atoms with Crippen LogP contribution in [0.2, 0.25) is 0 Å². The average molecular weight is 308 g/mol. The lowest BCUT2D eigenvalue weighted by atomic mass is 10.2. The molecular weight excluding hydrogens is 290 g/mol. The summed E-state index contributed by atoms with van der Waals surface area (Å²) in [7, 11) is 0. The molecule has 18 heavy (non-hydrogen) atoms. The molecule has 1 atom stereocenters. The zero-order valence-corrected chi connectivity index (χ0v) is 12.2. The molecule has 4 heteroatoms. The van der Waals surface area contributed by atoms with E-state index in [0.29, 0.717) is 11.6 Å². The highest BCUT2D eigenvalue weighted by Crippen LogP contribution is 2.23. The van der Waals surface area contributed by atoms with E-state index < -0.39 is 0 Å². The average Bonchev–Trinajstić information content (AvgIpc) is 2.90. The fraction of sp³-hybridized carbons (Fsp3) is 0.500. The van der Waals surface area contributed by atoms with Crippen molar-refractivity contribution in [3.8, 4) is 6.07 Å². The van der Waals surface area contributed by atoms with Crippen LogP contribution >= 0.6 is 15.9 Å². The molecule has 0 radical (unpaired) electrons. The van der Waals surface area contributed by atoms with Gasteiger partial charge in [0.05, 0.1) is 11.6 Å². The Balaban J connectivity index is 1.91. The van der Waals surface area contributed by atoms with Crippen LogP contribution in [0.3, 0.4) is 0 Å². The highest BCUT2D eigenvalue weighted by molar-refractivity contribution is 9.10. The van der Waals surface area contributed by atoms with Gasteiger partial charge in [0, 0.05) is 22.7 Å². The van der Waals surface area contributed by atoms with Gasteiger partial charge in [0.2, 0.25) is 0 Å². The fourth-order valence-corrected chi connectivity index (χ4v) is 2.82. The van der Waals surface area contributed by atoms with Gasteiger partial charge >= 0.3 is 0 Å². The molecule has 0 spiro atoms. The van der Waals surface area contributed by atoms with Gasteiger partial charge in [0.15, 0.2) is 0 Å². The Morgan fingerprint density at radius 2 is 2.17 bits per heavy atom. The zero-order valence-electron chi connectivity index (χ0n) is 10.6. The van der Waals surface area contributed by atoms with Crippen LogP contribution in [0.5, 0.6) is 0 Å². The molecule has 0 saturated carbocycles. The van der Waals surface area contributed by atoms with E-state index in [4.69, 9.17) is 5.26 Å². The summed E-state index contributed by atoms with van der Waals surface area (Å²) in [5, 5.41) is 12.3. The van der Waals surface area contributed by atoms with Gasteiger partial charge in [-0.15, -0.1) is 0 Å². The summed E-state index contributed by atoms with van der Waals surface area (Å²) in [6.07, 6.45) is 2.65. The number of likely N-dealkylation sites (tertiary alicyclic amines) is 1. The Bertz CT molecular complexity index is 447. The lowest BCUT2D eigenvalue weighted by Gasteiger charge is -2.24. The molecule has 1 aliphatic rings. The SMILES string of the molecule is CC(CNc1ccc(C#N)cc1Br)N1CCCC1. The largest absolute Gasteiger partial charge is 0.383 e. The Labute approximate surface area is 117 Å². The quantitative estimate of drug-likeness (QED) is 0.928. The van der Waals surface area contributed by atoms with Gasteiger partial charge < -0.3 is 5.32 Å². The zero-order chi connectivity index (χ0) is 13.0. The monoisotopic (exact) mass is 307 g/mol. The van der Waals surface area contributed by atoms with E-state index in [1.165, 1.54) is 25.9 Å². The van der Waals surface area contributed by atoms with Gasteiger partial charge in [0.1, 0.15) is 0 Å². The Morgan fingerprint density at radius 1 is 1.44 bits per heavy atom. The van der Waals surface area contributed by atoms with E-state index >= 15 is 0 Å². The van der Waals surface area contributed by atoms with Gasteiger partial charge in [-0.3, -0.25) is 4.90 Å². The summed E-state index contributed by atoms with van der Waals surface area (Å²) in [6.45, 7) is 5.63. The van der Waals surface area contributed by atoms with Crippen LogP contribution in [0.1, 0.15) is 25.3 Å². The van der Waals surface area contributed by atoms with Crippen molar-refractivity contribution in [2.45, 2.75) is 25.8 Å². The summed E-state index contributed by atoms with van der Waals surface area (Å²) in [6, 6.07) is 8.34. The molecule has 1 saturated heterocycles. The fourth-order valence-electron chi connectivity index (χ4n) is 2.30. The van der Waals surface area contributed by atoms with Crippen LogP contribution in [0.25, 0.3) is 0 Å². The van der Waals surface area contributed by atoms with Crippen LogP contribution in [0.4, 0.5) is 5.69 Å². The minimum absolute atomic E-state index is 0.551. The van der Waals surface area contributed by atoms with Crippen molar-refractivity contribution in [3.63, 3.8) is 0 Å². The number of nitrogens with zero attached hydrogens (tertiary/aromatic N) is 2. The van der Waals surface area contributed by atoms with E-state index in [1.807, 2.05) is 18.2 Å². The maximum absolute atomic E-state index is 8.82. The molecule has 96 valence electrons.